The van der Waals surface area contributed by atoms with Crippen LogP contribution in [0.5, 0.6) is 0 Å². The van der Waals surface area contributed by atoms with Gasteiger partial charge < -0.3 is 0 Å². The number of fused-ring (bicyclic) bond motifs is 1. The van der Waals surface area contributed by atoms with Crippen molar-refractivity contribution in [2.75, 3.05) is 0 Å². The molecule has 0 aromatic carbocycles. The van der Waals surface area contributed by atoms with Gasteiger partial charge >= 0.3 is 0 Å². The quantitative estimate of drug-likeness (QED) is 0.782. The van der Waals surface area contributed by atoms with E-state index in [0.29, 0.717) is 11.1 Å². The Kier molecular flexibility index (Phi) is 1.93. The van der Waals surface area contributed by atoms with Gasteiger partial charge in [-0.2, -0.15) is 9.61 Å². The Bertz CT molecular complexity index is 586. The zero-order chi connectivity index (χ0) is 12.4. The fourth-order valence-corrected chi connectivity index (χ4v) is 2.94. The van der Waals surface area contributed by atoms with Crippen LogP contribution in [0.1, 0.15) is 39.4 Å². The summed E-state index contributed by atoms with van der Waals surface area (Å²) in [6, 6.07) is 3.58. The molecule has 90 valence electrons. The van der Waals surface area contributed by atoms with Crippen LogP contribution < -0.4 is 0 Å². The number of halogens is 1. The molecule has 2 heterocycles. The Morgan fingerprint density at radius 2 is 1.76 bits per heavy atom. The van der Waals surface area contributed by atoms with Crippen LogP contribution >= 0.6 is 11.6 Å². The highest BCUT2D eigenvalue weighted by molar-refractivity contribution is 6.29. The molecule has 0 spiro atoms. The molecule has 1 aliphatic rings. The molecule has 0 atom stereocenters. The maximum absolute atomic E-state index is 5.93. The number of rotatable bonds is 1. The monoisotopic (exact) mass is 250 g/mol. The lowest BCUT2D eigenvalue weighted by atomic mass is 10.0. The molecular formula is C12H15ClN4. The molecule has 3 rings (SSSR count). The molecule has 1 aliphatic carbocycles. The SMILES string of the molecule is CC1(C)C(c2nnc3ccc(Cl)nn23)C1(C)C. The molecule has 0 unspecified atom stereocenters. The summed E-state index contributed by atoms with van der Waals surface area (Å²) in [4.78, 5) is 0. The molecule has 1 fully saturated rings. The van der Waals surface area contributed by atoms with Crippen LogP contribution in [0, 0.1) is 10.8 Å². The van der Waals surface area contributed by atoms with Gasteiger partial charge in [-0.3, -0.25) is 0 Å². The zero-order valence-corrected chi connectivity index (χ0v) is 11.2. The average molecular weight is 251 g/mol. The van der Waals surface area contributed by atoms with Crippen molar-refractivity contribution in [3.8, 4) is 0 Å². The van der Waals surface area contributed by atoms with Gasteiger partial charge in [0.1, 0.15) is 5.15 Å². The molecule has 17 heavy (non-hydrogen) atoms. The Hall–Kier alpha value is -1.16. The molecular weight excluding hydrogens is 236 g/mol. The second-order valence-electron chi connectivity index (χ2n) is 5.86. The first-order valence-corrected chi connectivity index (χ1v) is 6.11. The minimum Gasteiger partial charge on any atom is -0.196 e. The van der Waals surface area contributed by atoms with E-state index < -0.39 is 0 Å². The summed E-state index contributed by atoms with van der Waals surface area (Å²) in [6.07, 6.45) is 0. The molecule has 1 saturated carbocycles. The maximum atomic E-state index is 5.93. The van der Waals surface area contributed by atoms with Crippen LogP contribution in [0.25, 0.3) is 5.65 Å². The first kappa shape index (κ1) is 11.0. The van der Waals surface area contributed by atoms with Crippen molar-refractivity contribution >= 4 is 17.2 Å². The van der Waals surface area contributed by atoms with Crippen LogP contribution in [-0.4, -0.2) is 19.8 Å². The normalized spacial score (nSPS) is 21.9. The Labute approximate surface area is 105 Å². The fourth-order valence-electron chi connectivity index (χ4n) is 2.80. The van der Waals surface area contributed by atoms with Gasteiger partial charge in [0.2, 0.25) is 0 Å². The molecule has 0 bridgehead atoms. The Morgan fingerprint density at radius 1 is 1.12 bits per heavy atom. The highest BCUT2D eigenvalue weighted by Crippen LogP contribution is 2.73. The highest BCUT2D eigenvalue weighted by Gasteiger charge is 2.67. The van der Waals surface area contributed by atoms with E-state index in [4.69, 9.17) is 11.6 Å². The molecule has 0 aliphatic heterocycles. The van der Waals surface area contributed by atoms with Crippen LogP contribution in [0.3, 0.4) is 0 Å². The second-order valence-corrected chi connectivity index (χ2v) is 6.25. The van der Waals surface area contributed by atoms with Crippen LogP contribution in [0.15, 0.2) is 12.1 Å². The minimum atomic E-state index is 0.222. The summed E-state index contributed by atoms with van der Waals surface area (Å²) in [5, 5.41) is 13.2. The van der Waals surface area contributed by atoms with Crippen molar-refractivity contribution in [2.45, 2.75) is 33.6 Å². The lowest BCUT2D eigenvalue weighted by molar-refractivity contribution is 0.457. The molecule has 5 heteroatoms. The summed E-state index contributed by atoms with van der Waals surface area (Å²) in [6.45, 7) is 9.01. The predicted octanol–water partition coefficient (Wildman–Crippen LogP) is 2.93. The van der Waals surface area contributed by atoms with E-state index in [0.717, 1.165) is 11.5 Å². The van der Waals surface area contributed by atoms with Gasteiger partial charge in [0.25, 0.3) is 0 Å². The molecule has 4 nitrogen and oxygen atoms in total. The van der Waals surface area contributed by atoms with Gasteiger partial charge in [-0.15, -0.1) is 10.2 Å². The van der Waals surface area contributed by atoms with Gasteiger partial charge in [0, 0.05) is 5.92 Å². The third-order valence-corrected chi connectivity index (χ3v) is 4.73. The maximum Gasteiger partial charge on any atom is 0.178 e. The smallest absolute Gasteiger partial charge is 0.178 e. The van der Waals surface area contributed by atoms with Gasteiger partial charge in [-0.05, 0) is 23.0 Å². The van der Waals surface area contributed by atoms with Crippen LogP contribution in [0.2, 0.25) is 5.15 Å². The van der Waals surface area contributed by atoms with Crippen molar-refractivity contribution in [1.29, 1.82) is 0 Å². The number of aromatic nitrogens is 4. The van der Waals surface area contributed by atoms with E-state index in [-0.39, 0.29) is 10.8 Å². The predicted molar refractivity (Wildman–Crippen MR) is 66.1 cm³/mol. The van der Waals surface area contributed by atoms with Crippen molar-refractivity contribution in [3.05, 3.63) is 23.1 Å². The third kappa shape index (κ3) is 1.27. The first-order valence-electron chi connectivity index (χ1n) is 5.73. The molecule has 0 amide bonds. The number of hydrogen-bond donors (Lipinski definition) is 0. The summed E-state index contributed by atoms with van der Waals surface area (Å²) in [7, 11) is 0. The zero-order valence-electron chi connectivity index (χ0n) is 10.4. The molecule has 2 aromatic heterocycles. The van der Waals surface area contributed by atoms with Crippen molar-refractivity contribution in [2.24, 2.45) is 10.8 Å². The van der Waals surface area contributed by atoms with Gasteiger partial charge in [-0.25, -0.2) is 0 Å². The summed E-state index contributed by atoms with van der Waals surface area (Å²) >= 11 is 5.93. The fraction of sp³-hybridized carbons (Fsp3) is 0.583. The highest BCUT2D eigenvalue weighted by atomic mass is 35.5. The summed E-state index contributed by atoms with van der Waals surface area (Å²) < 4.78 is 1.77. The molecule has 0 saturated heterocycles. The van der Waals surface area contributed by atoms with Crippen molar-refractivity contribution < 1.29 is 0 Å². The minimum absolute atomic E-state index is 0.222. The van der Waals surface area contributed by atoms with E-state index in [1.165, 1.54) is 0 Å². The van der Waals surface area contributed by atoms with Crippen LogP contribution in [0.4, 0.5) is 0 Å². The van der Waals surface area contributed by atoms with E-state index in [1.807, 2.05) is 6.07 Å². The average Bonchev–Trinajstić information content (AvgIpc) is 2.58. The summed E-state index contributed by atoms with van der Waals surface area (Å²) in [5.74, 6) is 1.29. The molecule has 2 aromatic rings. The van der Waals surface area contributed by atoms with E-state index >= 15 is 0 Å². The number of nitrogens with zero attached hydrogens (tertiary/aromatic N) is 4. The lowest BCUT2D eigenvalue weighted by Crippen LogP contribution is -2.00. The van der Waals surface area contributed by atoms with Gasteiger partial charge in [-0.1, -0.05) is 39.3 Å². The lowest BCUT2D eigenvalue weighted by Gasteiger charge is -2.03. The summed E-state index contributed by atoms with van der Waals surface area (Å²) in [5.41, 5.74) is 1.20. The topological polar surface area (TPSA) is 43.1 Å². The van der Waals surface area contributed by atoms with E-state index in [9.17, 15) is 0 Å². The van der Waals surface area contributed by atoms with E-state index in [2.05, 4.69) is 43.0 Å². The Morgan fingerprint density at radius 3 is 2.35 bits per heavy atom. The van der Waals surface area contributed by atoms with E-state index in [1.54, 1.807) is 10.6 Å². The Balaban J connectivity index is 2.17. The second kappa shape index (κ2) is 2.99. The standard InChI is InChI=1S/C12H15ClN4/c1-11(2)9(12(11,3)4)10-15-14-8-6-5-7(13)16-17(8)10/h5-6,9H,1-4H3. The van der Waals surface area contributed by atoms with Gasteiger partial charge in [0.05, 0.1) is 0 Å². The largest absolute Gasteiger partial charge is 0.196 e. The van der Waals surface area contributed by atoms with Crippen molar-refractivity contribution in [1.82, 2.24) is 19.8 Å². The molecule has 0 N–H and O–H groups in total. The first-order chi connectivity index (χ1) is 7.85. The number of hydrogen-bond acceptors (Lipinski definition) is 3. The van der Waals surface area contributed by atoms with Gasteiger partial charge in [0.15, 0.2) is 11.5 Å². The van der Waals surface area contributed by atoms with Crippen molar-refractivity contribution in [3.63, 3.8) is 0 Å². The molecule has 0 radical (unpaired) electrons. The third-order valence-electron chi connectivity index (χ3n) is 4.53. The van der Waals surface area contributed by atoms with Crippen LogP contribution in [-0.2, 0) is 0 Å².